The third-order valence-corrected chi connectivity index (χ3v) is 3.81. The number of nitrogens with one attached hydrogen (secondary N) is 2. The highest BCUT2D eigenvalue weighted by molar-refractivity contribution is 5.74. The number of aliphatic carboxylic acids is 1. The van der Waals surface area contributed by atoms with Gasteiger partial charge in [0.05, 0.1) is 5.92 Å². The van der Waals surface area contributed by atoms with Gasteiger partial charge in [0.1, 0.15) is 0 Å². The number of amides is 2. The molecule has 0 spiro atoms. The topological polar surface area (TPSA) is 81.7 Å². The standard InChI is InChI=1S/C14H27N3O3/c1-11(13(18)19)5-3-7-16-14(20)17-8-4-6-12(10-17)9-15-2/h11-12,15H,3-10H2,1-2H3,(H,16,20)(H,18,19). The largest absolute Gasteiger partial charge is 0.481 e. The van der Waals surface area contributed by atoms with Crippen LogP contribution in [0.25, 0.3) is 0 Å². The Labute approximate surface area is 120 Å². The van der Waals surface area contributed by atoms with E-state index in [2.05, 4.69) is 10.6 Å². The van der Waals surface area contributed by atoms with Crippen LogP contribution in [0.5, 0.6) is 0 Å². The molecule has 1 saturated heterocycles. The molecule has 0 aliphatic carbocycles. The Balaban J connectivity index is 2.20. The highest BCUT2D eigenvalue weighted by atomic mass is 16.4. The molecule has 3 N–H and O–H groups in total. The Bertz CT molecular complexity index is 321. The number of carboxylic acids is 1. The van der Waals surface area contributed by atoms with E-state index in [0.29, 0.717) is 25.3 Å². The van der Waals surface area contributed by atoms with Crippen LogP contribution >= 0.6 is 0 Å². The van der Waals surface area contributed by atoms with Crippen LogP contribution in [0.3, 0.4) is 0 Å². The van der Waals surface area contributed by atoms with Crippen molar-refractivity contribution >= 4 is 12.0 Å². The number of carbonyl (C=O) groups is 2. The lowest BCUT2D eigenvalue weighted by molar-refractivity contribution is -0.141. The van der Waals surface area contributed by atoms with Crippen LogP contribution in [0.1, 0.15) is 32.6 Å². The molecule has 20 heavy (non-hydrogen) atoms. The van der Waals surface area contributed by atoms with Gasteiger partial charge in [-0.1, -0.05) is 6.92 Å². The van der Waals surface area contributed by atoms with Crippen LogP contribution in [-0.4, -0.2) is 55.2 Å². The smallest absolute Gasteiger partial charge is 0.317 e. The molecule has 2 unspecified atom stereocenters. The van der Waals surface area contributed by atoms with Crippen LogP contribution < -0.4 is 10.6 Å². The lowest BCUT2D eigenvalue weighted by Gasteiger charge is -2.32. The number of nitrogens with zero attached hydrogens (tertiary/aromatic N) is 1. The molecule has 1 fully saturated rings. The number of hydrogen-bond donors (Lipinski definition) is 3. The highest BCUT2D eigenvalue weighted by Gasteiger charge is 2.22. The Morgan fingerprint density at radius 1 is 1.45 bits per heavy atom. The first kappa shape index (κ1) is 16.8. The van der Waals surface area contributed by atoms with Gasteiger partial charge in [0, 0.05) is 19.6 Å². The predicted octanol–water partition coefficient (Wildman–Crippen LogP) is 1.13. The second-order valence-electron chi connectivity index (χ2n) is 5.63. The fourth-order valence-electron chi connectivity index (χ4n) is 2.54. The normalized spacial score (nSPS) is 20.5. The molecule has 1 aliphatic rings. The zero-order chi connectivity index (χ0) is 15.0. The Hall–Kier alpha value is -1.30. The minimum atomic E-state index is -0.776. The molecule has 2 atom stereocenters. The summed E-state index contributed by atoms with van der Waals surface area (Å²) in [4.78, 5) is 24.5. The van der Waals surface area contributed by atoms with Gasteiger partial charge in [0.25, 0.3) is 0 Å². The molecule has 0 aromatic heterocycles. The molecule has 0 radical (unpaired) electrons. The van der Waals surface area contributed by atoms with Crippen molar-refractivity contribution in [3.8, 4) is 0 Å². The number of carbonyl (C=O) groups excluding carboxylic acids is 1. The summed E-state index contributed by atoms with van der Waals surface area (Å²) in [6, 6.07) is -0.0196. The molecule has 6 heteroatoms. The predicted molar refractivity (Wildman–Crippen MR) is 77.7 cm³/mol. The van der Waals surface area contributed by atoms with Crippen LogP contribution in [0, 0.1) is 11.8 Å². The van der Waals surface area contributed by atoms with Gasteiger partial charge >= 0.3 is 12.0 Å². The zero-order valence-electron chi connectivity index (χ0n) is 12.5. The van der Waals surface area contributed by atoms with Gasteiger partial charge in [-0.2, -0.15) is 0 Å². The van der Waals surface area contributed by atoms with E-state index in [1.165, 1.54) is 6.42 Å². The summed E-state index contributed by atoms with van der Waals surface area (Å²) in [5.41, 5.74) is 0. The summed E-state index contributed by atoms with van der Waals surface area (Å²) < 4.78 is 0. The molecule has 0 aromatic carbocycles. The second-order valence-corrected chi connectivity index (χ2v) is 5.63. The van der Waals surface area contributed by atoms with Crippen LogP contribution in [0.15, 0.2) is 0 Å². The Morgan fingerprint density at radius 2 is 2.20 bits per heavy atom. The van der Waals surface area contributed by atoms with E-state index >= 15 is 0 Å². The lowest BCUT2D eigenvalue weighted by atomic mass is 9.98. The molecule has 0 bridgehead atoms. The van der Waals surface area contributed by atoms with Crippen LogP contribution in [-0.2, 0) is 4.79 Å². The maximum absolute atomic E-state index is 12.0. The molecule has 1 rings (SSSR count). The van der Waals surface area contributed by atoms with Crippen molar-refractivity contribution in [3.63, 3.8) is 0 Å². The first-order chi connectivity index (χ1) is 9.54. The fourth-order valence-corrected chi connectivity index (χ4v) is 2.54. The van der Waals surface area contributed by atoms with Gasteiger partial charge in [0.2, 0.25) is 0 Å². The van der Waals surface area contributed by atoms with Gasteiger partial charge in [-0.15, -0.1) is 0 Å². The first-order valence-electron chi connectivity index (χ1n) is 7.44. The fraction of sp³-hybridized carbons (Fsp3) is 0.857. The highest BCUT2D eigenvalue weighted by Crippen LogP contribution is 2.15. The summed E-state index contributed by atoms with van der Waals surface area (Å²) in [6.07, 6.45) is 3.52. The molecule has 116 valence electrons. The van der Waals surface area contributed by atoms with Crippen molar-refractivity contribution < 1.29 is 14.7 Å². The molecule has 0 saturated carbocycles. The number of hydrogen-bond acceptors (Lipinski definition) is 3. The average molecular weight is 285 g/mol. The number of rotatable bonds is 7. The van der Waals surface area contributed by atoms with Gasteiger partial charge in [-0.05, 0) is 45.2 Å². The summed E-state index contributed by atoms with van der Waals surface area (Å²) in [5, 5.41) is 14.8. The van der Waals surface area contributed by atoms with Crippen molar-refractivity contribution in [1.29, 1.82) is 0 Å². The third kappa shape index (κ3) is 5.77. The summed E-state index contributed by atoms with van der Waals surface area (Å²) in [7, 11) is 1.93. The van der Waals surface area contributed by atoms with Crippen molar-refractivity contribution in [2.24, 2.45) is 11.8 Å². The van der Waals surface area contributed by atoms with E-state index in [1.807, 2.05) is 11.9 Å². The number of piperidine rings is 1. The number of likely N-dealkylation sites (tertiary alicyclic amines) is 1. The van der Waals surface area contributed by atoms with Crippen molar-refractivity contribution in [3.05, 3.63) is 0 Å². The minimum Gasteiger partial charge on any atom is -0.481 e. The lowest BCUT2D eigenvalue weighted by Crippen LogP contribution is -2.47. The van der Waals surface area contributed by atoms with Gasteiger partial charge < -0.3 is 20.6 Å². The van der Waals surface area contributed by atoms with Gasteiger partial charge in [-0.3, -0.25) is 4.79 Å². The van der Waals surface area contributed by atoms with Gasteiger partial charge in [-0.25, -0.2) is 4.79 Å². The maximum Gasteiger partial charge on any atom is 0.317 e. The Kier molecular flexibility index (Phi) is 7.36. The van der Waals surface area contributed by atoms with Crippen LogP contribution in [0.2, 0.25) is 0 Å². The molecular weight excluding hydrogens is 258 g/mol. The number of carboxylic acid groups (broad SMARTS) is 1. The quantitative estimate of drug-likeness (QED) is 0.612. The third-order valence-electron chi connectivity index (χ3n) is 3.81. The molecule has 6 nitrogen and oxygen atoms in total. The van der Waals surface area contributed by atoms with Crippen molar-refractivity contribution in [2.45, 2.75) is 32.6 Å². The molecule has 1 heterocycles. The minimum absolute atomic E-state index is 0.0196. The van der Waals surface area contributed by atoms with Gasteiger partial charge in [0.15, 0.2) is 0 Å². The zero-order valence-corrected chi connectivity index (χ0v) is 12.5. The SMILES string of the molecule is CNCC1CCCN(C(=O)NCCCC(C)C(=O)O)C1. The van der Waals surface area contributed by atoms with E-state index in [-0.39, 0.29) is 11.9 Å². The van der Waals surface area contributed by atoms with E-state index in [9.17, 15) is 9.59 Å². The first-order valence-corrected chi connectivity index (χ1v) is 7.44. The summed E-state index contributed by atoms with van der Waals surface area (Å²) >= 11 is 0. The van der Waals surface area contributed by atoms with E-state index in [1.54, 1.807) is 6.92 Å². The average Bonchev–Trinajstić information content (AvgIpc) is 2.43. The molecule has 0 aromatic rings. The monoisotopic (exact) mass is 285 g/mol. The maximum atomic E-state index is 12.0. The molecule has 2 amide bonds. The van der Waals surface area contributed by atoms with Crippen molar-refractivity contribution in [1.82, 2.24) is 15.5 Å². The summed E-state index contributed by atoms with van der Waals surface area (Å²) in [5.74, 6) is -0.587. The second kappa shape index (κ2) is 8.79. The van der Waals surface area contributed by atoms with Crippen LogP contribution in [0.4, 0.5) is 4.79 Å². The van der Waals surface area contributed by atoms with E-state index in [0.717, 1.165) is 26.1 Å². The molecule has 1 aliphatic heterocycles. The van der Waals surface area contributed by atoms with E-state index < -0.39 is 5.97 Å². The van der Waals surface area contributed by atoms with E-state index in [4.69, 9.17) is 5.11 Å². The molecular formula is C14H27N3O3. The number of urea groups is 1. The van der Waals surface area contributed by atoms with Crippen molar-refractivity contribution in [2.75, 3.05) is 33.2 Å². The summed E-state index contributed by atoms with van der Waals surface area (Å²) in [6.45, 7) is 4.80. The Morgan fingerprint density at radius 3 is 2.85 bits per heavy atom.